The Bertz CT molecular complexity index is 1980. The number of hydrogen-bond acceptors (Lipinski definition) is 8. The van der Waals surface area contributed by atoms with Gasteiger partial charge in [0.2, 0.25) is 11.8 Å². The van der Waals surface area contributed by atoms with E-state index < -0.39 is 124 Å². The molecule has 5 fully saturated rings. The van der Waals surface area contributed by atoms with Crippen molar-refractivity contribution in [3.05, 3.63) is 44.3 Å². The fourth-order valence-corrected chi connectivity index (χ4v) is 12.7. The predicted molar refractivity (Wildman–Crippen MR) is 213 cm³/mol. The normalized spacial score (nSPS) is 40.0. The Morgan fingerprint density at radius 3 is 2.06 bits per heavy atom. The van der Waals surface area contributed by atoms with Crippen LogP contribution < -0.4 is 11.1 Å². The molecule has 0 radical (unpaired) electrons. The molecule has 8 N–H and O–H groups in total. The quantitative estimate of drug-likeness (QED) is 0.114. The summed E-state index contributed by atoms with van der Waals surface area (Å²) >= 11 is 0. The standard InChI is InChI=1S/C42H55N6O13.Ni/c1-40(16-30(43)50)22(5-9-33(54)55)27-15-42-41(2,17-31(51)48-42)23(6-10-34(56)57)26(47-42)13-24-20(11-35(58)59)19(4-8-32(52)53)39(45-24)37-28(49)7-3-18-21(12-36(60)61)25(46-38(18)37)14-29(40)44-27;/h13,18-23,25-27,29,39H,3-12,14-17H2,1-2H3,(H9,43,46,48,49,50,51,52,53,54,55,56,57,58,59,60,61);/q-3;/p-1/b24-13-;/t18-,19-,20-,21-,22+,23+,25+,26?,27-,29?,39?,40-,41-,42-;/m0./s1. The summed E-state index contributed by atoms with van der Waals surface area (Å²) in [4.78, 5) is 102. The van der Waals surface area contributed by atoms with Gasteiger partial charge in [-0.3, -0.25) is 38.4 Å². The summed E-state index contributed by atoms with van der Waals surface area (Å²) in [6.07, 6.45) is 0.214. The Morgan fingerprint density at radius 2 is 1.45 bits per heavy atom. The van der Waals surface area contributed by atoms with Crippen LogP contribution in [0, 0.1) is 46.3 Å². The van der Waals surface area contributed by atoms with Gasteiger partial charge in [0.05, 0.1) is 6.42 Å². The molecule has 0 saturated carbocycles. The van der Waals surface area contributed by atoms with Crippen molar-refractivity contribution in [2.45, 2.75) is 140 Å². The van der Waals surface area contributed by atoms with Gasteiger partial charge in [-0.15, -0.1) is 30.2 Å². The Labute approximate surface area is 368 Å². The maximum Gasteiger partial charge on any atom is 0.303 e. The topological polar surface area (TPSA) is 332 Å². The fourth-order valence-electron chi connectivity index (χ4n) is 12.7. The number of carboxylic acids is 5. The van der Waals surface area contributed by atoms with E-state index in [9.17, 15) is 63.9 Å². The number of nitrogens with two attached hydrogens (primary N) is 1. The summed E-state index contributed by atoms with van der Waals surface area (Å²) in [5.41, 5.74) is 3.19. The van der Waals surface area contributed by atoms with Crippen LogP contribution in [0.25, 0.3) is 21.3 Å². The molecule has 19 nitrogen and oxygen atoms in total. The average Bonchev–Trinajstić information content (AvgIpc) is 3.83. The van der Waals surface area contributed by atoms with E-state index in [0.29, 0.717) is 5.70 Å². The predicted octanol–water partition coefficient (Wildman–Crippen LogP) is 4.02. The number of primary amides is 1. The molecule has 6 aliphatic heterocycles. The van der Waals surface area contributed by atoms with Crippen molar-refractivity contribution in [3.63, 3.8) is 0 Å². The Balaban J connectivity index is 0.00000641. The molecule has 20 heteroatoms. The third kappa shape index (κ3) is 8.46. The van der Waals surface area contributed by atoms with E-state index in [0.717, 1.165) is 0 Å². The van der Waals surface area contributed by atoms with E-state index in [-0.39, 0.29) is 123 Å². The molecule has 3 unspecified atom stereocenters. The first-order valence-electron chi connectivity index (χ1n) is 21.2. The second-order valence-corrected chi connectivity index (χ2v) is 18.8. The number of amides is 2. The van der Waals surface area contributed by atoms with Crippen LogP contribution in [0.1, 0.15) is 104 Å². The number of carbonyl (C=O) groups is 8. The number of carboxylic acid groups (broad SMARTS) is 5. The van der Waals surface area contributed by atoms with Crippen molar-refractivity contribution in [1.29, 1.82) is 0 Å². The van der Waals surface area contributed by atoms with E-state index in [1.165, 1.54) is 0 Å². The Morgan fingerprint density at radius 1 is 0.823 bits per heavy atom. The summed E-state index contributed by atoms with van der Waals surface area (Å²) in [5.74, 6) is -11.0. The zero-order valence-electron chi connectivity index (χ0n) is 34.5. The molecule has 2 amide bonds. The zero-order chi connectivity index (χ0) is 44.3. The van der Waals surface area contributed by atoms with Crippen LogP contribution in [0.15, 0.2) is 23.0 Å². The van der Waals surface area contributed by atoms with Crippen LogP contribution in [0.2, 0.25) is 0 Å². The maximum absolute atomic E-state index is 14.2. The molecule has 1 spiro atoms. The summed E-state index contributed by atoms with van der Waals surface area (Å²) in [7, 11) is 0. The van der Waals surface area contributed by atoms with Crippen LogP contribution in [-0.2, 0) is 54.8 Å². The third-order valence-electron chi connectivity index (χ3n) is 15.4. The number of ketones is 1. The second-order valence-electron chi connectivity index (χ2n) is 18.8. The molecular weight excluding hydrogens is 855 g/mol. The zero-order valence-corrected chi connectivity index (χ0v) is 35.5. The van der Waals surface area contributed by atoms with Crippen molar-refractivity contribution in [2.24, 2.45) is 52.1 Å². The first-order valence-corrected chi connectivity index (χ1v) is 21.2. The number of rotatable bonds is 15. The van der Waals surface area contributed by atoms with Gasteiger partial charge in [0.25, 0.3) is 0 Å². The Kier molecular flexibility index (Phi) is 13.3. The van der Waals surface area contributed by atoms with Gasteiger partial charge in [0.1, 0.15) is 0 Å². The van der Waals surface area contributed by atoms with E-state index in [1.807, 2.05) is 13.8 Å². The van der Waals surface area contributed by atoms with Gasteiger partial charge in [0, 0.05) is 61.4 Å². The number of allylic oxidation sites excluding steroid dienone is 2. The monoisotopic (exact) mass is 908 g/mol. The van der Waals surface area contributed by atoms with Gasteiger partial charge >= 0.3 is 29.8 Å². The summed E-state index contributed by atoms with van der Waals surface area (Å²) < 4.78 is 0. The largest absolute Gasteiger partial charge is 0.684 e. The van der Waals surface area contributed by atoms with Crippen molar-refractivity contribution >= 4 is 47.4 Å². The SMILES string of the molecule is C[C@@]12CC(=O)N[C@@]13C[C@@H]1[N-]C(C[C@H]4[N-]C5=C(C(=O)CC[C@H]5[C@@H]4CC(=O)O)C4[N-]/C(=C\C([N-]3)[C@H]2CCC(=O)O)[C@@H](CC(=O)O)[C@@H]4CCC(=O)O)[C@@](C)(CC(N)=O)[C@@H]1CCC(=O)O.[Ni]. The molecule has 14 atom stereocenters. The minimum Gasteiger partial charge on any atom is -0.684 e. The van der Waals surface area contributed by atoms with Crippen molar-refractivity contribution in [1.82, 2.24) is 5.32 Å². The van der Waals surface area contributed by atoms with Crippen LogP contribution in [0.3, 0.4) is 0 Å². The van der Waals surface area contributed by atoms with Gasteiger partial charge in [-0.25, -0.2) is 0 Å². The molecule has 8 bridgehead atoms. The molecule has 5 saturated heterocycles. The molecule has 7 aliphatic rings. The molecule has 1 aliphatic carbocycles. The van der Waals surface area contributed by atoms with E-state index >= 15 is 0 Å². The van der Waals surface area contributed by atoms with Gasteiger partial charge in [-0.05, 0) is 77.3 Å². The minimum atomic E-state index is -1.40. The second kappa shape index (κ2) is 17.6. The molecule has 6 heterocycles. The average molecular weight is 910 g/mol. The third-order valence-corrected chi connectivity index (χ3v) is 15.4. The van der Waals surface area contributed by atoms with Crippen molar-refractivity contribution in [2.75, 3.05) is 0 Å². The van der Waals surface area contributed by atoms with Gasteiger partial charge in [-0.1, -0.05) is 38.6 Å². The summed E-state index contributed by atoms with van der Waals surface area (Å²) in [5, 5.41) is 74.1. The first kappa shape index (κ1) is 46.9. The van der Waals surface area contributed by atoms with Crippen LogP contribution in [0.4, 0.5) is 0 Å². The minimum absolute atomic E-state index is 0. The van der Waals surface area contributed by atoms with Crippen LogP contribution in [0.5, 0.6) is 0 Å². The number of nitrogens with one attached hydrogen (secondary N) is 1. The van der Waals surface area contributed by atoms with Gasteiger partial charge in [0.15, 0.2) is 5.78 Å². The number of hydrogen-bond donors (Lipinski definition) is 7. The number of nitrogens with zero attached hydrogens (tertiary/aromatic N) is 4. The van der Waals surface area contributed by atoms with Gasteiger partial charge < -0.3 is 57.9 Å². The summed E-state index contributed by atoms with van der Waals surface area (Å²) in [6.45, 7) is 3.66. The first-order chi connectivity index (χ1) is 28.7. The van der Waals surface area contributed by atoms with E-state index in [4.69, 9.17) is 27.0 Å². The summed E-state index contributed by atoms with van der Waals surface area (Å²) in [6, 6.07) is -4.10. The molecule has 7 rings (SSSR count). The van der Waals surface area contributed by atoms with Gasteiger partial charge in [-0.2, -0.15) is 11.4 Å². The molecule has 0 aromatic heterocycles. The molecule has 344 valence electrons. The molecular formula is C42H54N6NiO13-4. The van der Waals surface area contributed by atoms with E-state index in [1.54, 1.807) is 6.08 Å². The smallest absolute Gasteiger partial charge is 0.303 e. The van der Waals surface area contributed by atoms with Crippen LogP contribution >= 0.6 is 0 Å². The van der Waals surface area contributed by atoms with Crippen LogP contribution in [-0.4, -0.2) is 109 Å². The molecule has 0 aromatic carbocycles. The maximum atomic E-state index is 14.2. The number of carbonyl (C=O) groups excluding carboxylic acids is 3. The number of Topliss-reactive ketones (excluding diaryl/α,β-unsaturated/α-hetero) is 1. The number of fused-ring (bicyclic) bond motifs is 7. The molecule has 0 aromatic rings. The number of aliphatic carboxylic acids is 5. The molecule has 62 heavy (non-hydrogen) atoms. The van der Waals surface area contributed by atoms with E-state index in [2.05, 4.69) is 5.32 Å². The fraction of sp³-hybridized carbons (Fsp3) is 0.714. The van der Waals surface area contributed by atoms with Crippen molar-refractivity contribution < 1.29 is 80.4 Å². The Hall–Kier alpha value is -4.55. The van der Waals surface area contributed by atoms with Crippen molar-refractivity contribution in [3.8, 4) is 0 Å².